The Bertz CT molecular complexity index is 999. The Kier molecular flexibility index (Phi) is 4.93. The van der Waals surface area contributed by atoms with Crippen molar-refractivity contribution in [1.29, 1.82) is 0 Å². The molecule has 0 saturated heterocycles. The van der Waals surface area contributed by atoms with Crippen molar-refractivity contribution in [1.82, 2.24) is 0 Å². The van der Waals surface area contributed by atoms with Crippen molar-refractivity contribution in [2.75, 3.05) is 6.54 Å². The summed E-state index contributed by atoms with van der Waals surface area (Å²) in [6.07, 6.45) is 0.969. The van der Waals surface area contributed by atoms with E-state index in [4.69, 9.17) is 5.73 Å². The van der Waals surface area contributed by atoms with Crippen LogP contribution in [-0.2, 0) is 6.42 Å². The van der Waals surface area contributed by atoms with Gasteiger partial charge >= 0.3 is 0 Å². The third-order valence-corrected chi connectivity index (χ3v) is 9.17. The molecule has 0 bridgehead atoms. The molecule has 0 spiro atoms. The molecule has 0 aromatic carbocycles. The molecule has 2 N–H and O–H groups in total. The van der Waals surface area contributed by atoms with E-state index in [0.29, 0.717) is 0 Å². The van der Waals surface area contributed by atoms with Crippen LogP contribution in [0.2, 0.25) is 0 Å². The molecule has 4 aromatic heterocycles. The number of rotatable bonds is 5. The summed E-state index contributed by atoms with van der Waals surface area (Å²) in [6, 6.07) is 13.5. The first-order valence-electron chi connectivity index (χ1n) is 8.20. The van der Waals surface area contributed by atoms with Crippen molar-refractivity contribution in [2.24, 2.45) is 5.73 Å². The van der Waals surface area contributed by atoms with Gasteiger partial charge in [-0.05, 0) is 79.7 Å². The van der Waals surface area contributed by atoms with Gasteiger partial charge in [0.25, 0.3) is 0 Å². The molecule has 0 aliphatic carbocycles. The second kappa shape index (κ2) is 7.17. The van der Waals surface area contributed by atoms with Crippen LogP contribution in [0, 0.1) is 13.8 Å². The third kappa shape index (κ3) is 3.39. The maximum Gasteiger partial charge on any atom is 0.0478 e. The van der Waals surface area contributed by atoms with Gasteiger partial charge in [0.15, 0.2) is 0 Å². The van der Waals surface area contributed by atoms with Crippen LogP contribution >= 0.6 is 45.3 Å². The van der Waals surface area contributed by atoms with Crippen LogP contribution in [0.15, 0.2) is 41.8 Å². The Labute approximate surface area is 164 Å². The van der Waals surface area contributed by atoms with Crippen LogP contribution in [0.25, 0.3) is 29.3 Å². The monoisotopic (exact) mass is 401 g/mol. The van der Waals surface area contributed by atoms with Gasteiger partial charge < -0.3 is 5.73 Å². The maximum absolute atomic E-state index is 5.68. The largest absolute Gasteiger partial charge is 0.330 e. The highest BCUT2D eigenvalue weighted by Crippen LogP contribution is 2.45. The van der Waals surface area contributed by atoms with Crippen LogP contribution in [-0.4, -0.2) is 6.54 Å². The van der Waals surface area contributed by atoms with Gasteiger partial charge in [-0.1, -0.05) is 0 Å². The summed E-state index contributed by atoms with van der Waals surface area (Å²) in [5, 5.41) is 2.17. The molecule has 4 heterocycles. The molecule has 0 amide bonds. The smallest absolute Gasteiger partial charge is 0.0478 e. The first-order valence-corrected chi connectivity index (χ1v) is 11.5. The standard InChI is InChI=1S/C20H19NS4/c1-12-8-10-22-19(12)16-5-6-17(24-16)20-13(2)11-18(25-20)15-4-3-14(23-15)7-9-21/h3-6,8,10-11H,7,9,21H2,1-2H3. The van der Waals surface area contributed by atoms with E-state index < -0.39 is 0 Å². The Hall–Kier alpha value is -1.24. The summed E-state index contributed by atoms with van der Waals surface area (Å²) in [4.78, 5) is 9.63. The minimum atomic E-state index is 0.717. The Balaban J connectivity index is 1.66. The molecule has 1 nitrogen and oxygen atoms in total. The van der Waals surface area contributed by atoms with Crippen molar-refractivity contribution in [3.63, 3.8) is 0 Å². The van der Waals surface area contributed by atoms with E-state index in [2.05, 4.69) is 55.6 Å². The zero-order valence-corrected chi connectivity index (χ0v) is 17.4. The maximum atomic E-state index is 5.68. The third-order valence-electron chi connectivity index (χ3n) is 4.13. The minimum absolute atomic E-state index is 0.717. The molecule has 0 fully saturated rings. The number of nitrogens with two attached hydrogens (primary N) is 1. The molecule has 0 aliphatic rings. The van der Waals surface area contributed by atoms with Gasteiger partial charge in [0, 0.05) is 34.1 Å². The fraction of sp³-hybridized carbons (Fsp3) is 0.200. The summed E-state index contributed by atoms with van der Waals surface area (Å²) >= 11 is 7.51. The van der Waals surface area contributed by atoms with E-state index in [1.165, 1.54) is 45.3 Å². The lowest BCUT2D eigenvalue weighted by Gasteiger charge is -1.95. The minimum Gasteiger partial charge on any atom is -0.330 e. The molecule has 5 heteroatoms. The Morgan fingerprint density at radius 1 is 0.760 bits per heavy atom. The summed E-state index contributed by atoms with van der Waals surface area (Å²) < 4.78 is 0. The zero-order chi connectivity index (χ0) is 17.4. The highest BCUT2D eigenvalue weighted by atomic mass is 32.1. The molecule has 0 atom stereocenters. The fourth-order valence-electron chi connectivity index (χ4n) is 2.84. The first kappa shape index (κ1) is 17.2. The van der Waals surface area contributed by atoms with Gasteiger partial charge in [-0.2, -0.15) is 0 Å². The van der Waals surface area contributed by atoms with E-state index in [-0.39, 0.29) is 0 Å². The van der Waals surface area contributed by atoms with Gasteiger partial charge in [-0.15, -0.1) is 45.3 Å². The number of thiophene rings is 4. The number of hydrogen-bond donors (Lipinski definition) is 1. The second-order valence-electron chi connectivity index (χ2n) is 6.02. The van der Waals surface area contributed by atoms with E-state index in [1.54, 1.807) is 0 Å². The summed E-state index contributed by atoms with van der Waals surface area (Å²) in [5.74, 6) is 0. The highest BCUT2D eigenvalue weighted by molar-refractivity contribution is 7.28. The predicted octanol–water partition coefficient (Wildman–Crippen LogP) is 7.05. The molecule has 0 aliphatic heterocycles. The van der Waals surface area contributed by atoms with Gasteiger partial charge in [-0.3, -0.25) is 0 Å². The molecule has 0 radical (unpaired) electrons. The van der Waals surface area contributed by atoms with E-state index in [9.17, 15) is 0 Å². The van der Waals surface area contributed by atoms with Crippen molar-refractivity contribution in [2.45, 2.75) is 20.3 Å². The molecule has 0 saturated carbocycles. The van der Waals surface area contributed by atoms with Crippen molar-refractivity contribution in [3.05, 3.63) is 57.8 Å². The van der Waals surface area contributed by atoms with Gasteiger partial charge in [-0.25, -0.2) is 0 Å². The van der Waals surface area contributed by atoms with Gasteiger partial charge in [0.05, 0.1) is 0 Å². The topological polar surface area (TPSA) is 26.0 Å². The molecule has 25 heavy (non-hydrogen) atoms. The van der Waals surface area contributed by atoms with E-state index >= 15 is 0 Å². The van der Waals surface area contributed by atoms with Gasteiger partial charge in [0.1, 0.15) is 0 Å². The van der Waals surface area contributed by atoms with E-state index in [0.717, 1.165) is 13.0 Å². The summed E-state index contributed by atoms with van der Waals surface area (Å²) in [6.45, 7) is 5.13. The van der Waals surface area contributed by atoms with Crippen LogP contribution < -0.4 is 5.73 Å². The summed E-state index contributed by atoms with van der Waals surface area (Å²) in [5.41, 5.74) is 8.41. The van der Waals surface area contributed by atoms with Crippen molar-refractivity contribution >= 4 is 45.3 Å². The lowest BCUT2D eigenvalue weighted by molar-refractivity contribution is 0.989. The van der Waals surface area contributed by atoms with Crippen LogP contribution in [0.3, 0.4) is 0 Å². The molecule has 4 rings (SSSR count). The predicted molar refractivity (Wildman–Crippen MR) is 116 cm³/mol. The molecule has 0 unspecified atom stereocenters. The SMILES string of the molecule is Cc1ccsc1-c1ccc(-c2sc(-c3ccc(CCN)s3)cc2C)s1. The molecule has 4 aromatic rings. The number of hydrogen-bond acceptors (Lipinski definition) is 5. The first-order chi connectivity index (χ1) is 12.2. The molecular weight excluding hydrogens is 382 g/mol. The second-order valence-corrected chi connectivity index (χ2v) is 10.2. The lowest BCUT2D eigenvalue weighted by atomic mass is 10.2. The van der Waals surface area contributed by atoms with Crippen LogP contribution in [0.5, 0.6) is 0 Å². The number of aryl methyl sites for hydroxylation is 2. The van der Waals surface area contributed by atoms with Crippen LogP contribution in [0.4, 0.5) is 0 Å². The lowest BCUT2D eigenvalue weighted by Crippen LogP contribution is -2.00. The Morgan fingerprint density at radius 3 is 2.24 bits per heavy atom. The van der Waals surface area contributed by atoms with Crippen LogP contribution in [0.1, 0.15) is 16.0 Å². The van der Waals surface area contributed by atoms with Gasteiger partial charge in [0.2, 0.25) is 0 Å². The fourth-order valence-corrected chi connectivity index (χ4v) is 7.42. The average molecular weight is 402 g/mol. The zero-order valence-electron chi connectivity index (χ0n) is 14.2. The highest BCUT2D eigenvalue weighted by Gasteiger charge is 2.14. The summed E-state index contributed by atoms with van der Waals surface area (Å²) in [7, 11) is 0. The van der Waals surface area contributed by atoms with Crippen molar-refractivity contribution in [3.8, 4) is 29.3 Å². The Morgan fingerprint density at radius 2 is 1.52 bits per heavy atom. The van der Waals surface area contributed by atoms with Crippen molar-refractivity contribution < 1.29 is 0 Å². The molecular formula is C20H19NS4. The average Bonchev–Trinajstić information content (AvgIpc) is 3.33. The van der Waals surface area contributed by atoms with E-state index in [1.807, 2.05) is 45.3 Å². The normalized spacial score (nSPS) is 11.3. The quantitative estimate of drug-likeness (QED) is 0.381. The molecule has 128 valence electrons.